The van der Waals surface area contributed by atoms with Gasteiger partial charge in [0.1, 0.15) is 0 Å². The zero-order valence-corrected chi connectivity index (χ0v) is 12.1. The second-order valence-corrected chi connectivity index (χ2v) is 5.18. The Bertz CT molecular complexity index is 585. The van der Waals surface area contributed by atoms with Crippen molar-refractivity contribution in [3.63, 3.8) is 0 Å². The van der Waals surface area contributed by atoms with Crippen LogP contribution in [0.5, 0.6) is 0 Å². The first-order chi connectivity index (χ1) is 10.2. The standard InChI is InChI=1S/C19H20O2/c1-15(20)18(14-17-10-6-3-7-11-17)19(21)13-12-16-8-4-2-5-9-16/h2-13,15,18,20H,14H2,1H3. The van der Waals surface area contributed by atoms with E-state index in [-0.39, 0.29) is 5.78 Å². The first-order valence-corrected chi connectivity index (χ1v) is 7.16. The molecule has 0 aromatic heterocycles. The number of carbonyl (C=O) groups excluding carboxylic acids is 1. The van der Waals surface area contributed by atoms with E-state index in [0.717, 1.165) is 11.1 Å². The highest BCUT2D eigenvalue weighted by Crippen LogP contribution is 2.15. The van der Waals surface area contributed by atoms with Gasteiger partial charge in [-0.05, 0) is 30.5 Å². The lowest BCUT2D eigenvalue weighted by atomic mass is 9.90. The Morgan fingerprint density at radius 2 is 1.62 bits per heavy atom. The van der Waals surface area contributed by atoms with Crippen LogP contribution in [-0.2, 0) is 11.2 Å². The maximum atomic E-state index is 12.3. The van der Waals surface area contributed by atoms with E-state index in [1.165, 1.54) is 0 Å². The van der Waals surface area contributed by atoms with Crippen LogP contribution in [0.2, 0.25) is 0 Å². The molecule has 0 heterocycles. The molecule has 0 saturated carbocycles. The van der Waals surface area contributed by atoms with Gasteiger partial charge in [-0.2, -0.15) is 0 Å². The quantitative estimate of drug-likeness (QED) is 0.822. The van der Waals surface area contributed by atoms with Crippen LogP contribution in [0.3, 0.4) is 0 Å². The van der Waals surface area contributed by atoms with Crippen molar-refractivity contribution < 1.29 is 9.90 Å². The predicted molar refractivity (Wildman–Crippen MR) is 85.8 cm³/mol. The highest BCUT2D eigenvalue weighted by Gasteiger charge is 2.21. The summed E-state index contributed by atoms with van der Waals surface area (Å²) in [6.07, 6.45) is 3.24. The van der Waals surface area contributed by atoms with Crippen molar-refractivity contribution in [3.8, 4) is 0 Å². The Hall–Kier alpha value is -2.19. The fraction of sp³-hybridized carbons (Fsp3) is 0.211. The predicted octanol–water partition coefficient (Wildman–Crippen LogP) is 3.51. The van der Waals surface area contributed by atoms with E-state index in [2.05, 4.69) is 0 Å². The van der Waals surface area contributed by atoms with E-state index in [1.807, 2.05) is 60.7 Å². The smallest absolute Gasteiger partial charge is 0.161 e. The molecule has 2 aromatic rings. The highest BCUT2D eigenvalue weighted by molar-refractivity contribution is 5.95. The summed E-state index contributed by atoms with van der Waals surface area (Å²) < 4.78 is 0. The third-order valence-electron chi connectivity index (χ3n) is 3.49. The largest absolute Gasteiger partial charge is 0.393 e. The van der Waals surface area contributed by atoms with Crippen LogP contribution in [0.4, 0.5) is 0 Å². The first kappa shape index (κ1) is 15.2. The normalized spacial score (nSPS) is 14.0. The van der Waals surface area contributed by atoms with E-state index in [4.69, 9.17) is 0 Å². The zero-order chi connectivity index (χ0) is 15.1. The second kappa shape index (κ2) is 7.55. The molecule has 21 heavy (non-hydrogen) atoms. The average molecular weight is 280 g/mol. The summed E-state index contributed by atoms with van der Waals surface area (Å²) in [6, 6.07) is 19.5. The maximum Gasteiger partial charge on any atom is 0.161 e. The number of ketones is 1. The molecule has 0 fully saturated rings. The van der Waals surface area contributed by atoms with E-state index < -0.39 is 12.0 Å². The van der Waals surface area contributed by atoms with E-state index in [9.17, 15) is 9.90 Å². The van der Waals surface area contributed by atoms with E-state index >= 15 is 0 Å². The summed E-state index contributed by atoms with van der Waals surface area (Å²) in [7, 11) is 0. The molecule has 0 amide bonds. The third-order valence-corrected chi connectivity index (χ3v) is 3.49. The molecule has 0 aliphatic rings. The van der Waals surface area contributed by atoms with Crippen molar-refractivity contribution >= 4 is 11.9 Å². The van der Waals surface area contributed by atoms with Crippen LogP contribution in [0.1, 0.15) is 18.1 Å². The molecular formula is C19H20O2. The molecule has 2 unspecified atom stereocenters. The first-order valence-electron chi connectivity index (χ1n) is 7.16. The lowest BCUT2D eigenvalue weighted by molar-refractivity contribution is -0.121. The molecule has 0 radical (unpaired) electrons. The number of hydrogen-bond donors (Lipinski definition) is 1. The summed E-state index contributed by atoms with van der Waals surface area (Å²) in [5, 5.41) is 9.89. The van der Waals surface area contributed by atoms with Crippen LogP contribution < -0.4 is 0 Å². The Labute approximate surface area is 125 Å². The van der Waals surface area contributed by atoms with Crippen molar-refractivity contribution in [1.29, 1.82) is 0 Å². The van der Waals surface area contributed by atoms with Gasteiger partial charge in [-0.25, -0.2) is 0 Å². The van der Waals surface area contributed by atoms with Crippen molar-refractivity contribution in [3.05, 3.63) is 77.9 Å². The molecule has 0 saturated heterocycles. The summed E-state index contributed by atoms with van der Waals surface area (Å²) in [6.45, 7) is 1.67. The van der Waals surface area contributed by atoms with Crippen molar-refractivity contribution in [1.82, 2.24) is 0 Å². The molecule has 2 nitrogen and oxygen atoms in total. The Morgan fingerprint density at radius 3 is 2.19 bits per heavy atom. The lowest BCUT2D eigenvalue weighted by Gasteiger charge is -2.17. The van der Waals surface area contributed by atoms with Gasteiger partial charge in [-0.3, -0.25) is 4.79 Å². The molecule has 0 aliphatic carbocycles. The Kier molecular flexibility index (Phi) is 5.47. The maximum absolute atomic E-state index is 12.3. The Morgan fingerprint density at radius 1 is 1.05 bits per heavy atom. The molecule has 0 spiro atoms. The van der Waals surface area contributed by atoms with Crippen molar-refractivity contribution in [2.75, 3.05) is 0 Å². The second-order valence-electron chi connectivity index (χ2n) is 5.18. The minimum atomic E-state index is -0.668. The number of rotatable bonds is 6. The van der Waals surface area contributed by atoms with Crippen LogP contribution >= 0.6 is 0 Å². The van der Waals surface area contributed by atoms with Gasteiger partial charge in [0.25, 0.3) is 0 Å². The molecule has 1 N–H and O–H groups in total. The van der Waals surface area contributed by atoms with Gasteiger partial charge in [-0.1, -0.05) is 66.7 Å². The SMILES string of the molecule is CC(O)C(Cc1ccccc1)C(=O)C=Cc1ccccc1. The van der Waals surface area contributed by atoms with Gasteiger partial charge in [0.2, 0.25) is 0 Å². The minimum absolute atomic E-state index is 0.0438. The number of aliphatic hydroxyl groups is 1. The molecule has 108 valence electrons. The fourth-order valence-electron chi connectivity index (χ4n) is 2.24. The highest BCUT2D eigenvalue weighted by atomic mass is 16.3. The van der Waals surface area contributed by atoms with Gasteiger partial charge in [0, 0.05) is 0 Å². The Balaban J connectivity index is 2.08. The third kappa shape index (κ3) is 4.69. The molecule has 2 heteroatoms. The molecule has 2 atom stereocenters. The van der Waals surface area contributed by atoms with Crippen LogP contribution in [0.15, 0.2) is 66.7 Å². The molecular weight excluding hydrogens is 260 g/mol. The van der Waals surface area contributed by atoms with Gasteiger partial charge in [0.15, 0.2) is 5.78 Å². The molecule has 0 aliphatic heterocycles. The van der Waals surface area contributed by atoms with Gasteiger partial charge < -0.3 is 5.11 Å². The summed E-state index contributed by atoms with van der Waals surface area (Å²) in [5.74, 6) is -0.454. The topological polar surface area (TPSA) is 37.3 Å². The van der Waals surface area contributed by atoms with Gasteiger partial charge >= 0.3 is 0 Å². The summed E-state index contributed by atoms with van der Waals surface area (Å²) >= 11 is 0. The van der Waals surface area contributed by atoms with Gasteiger partial charge in [0.05, 0.1) is 12.0 Å². The lowest BCUT2D eigenvalue weighted by Crippen LogP contribution is -2.26. The number of carbonyl (C=O) groups is 1. The fourth-order valence-corrected chi connectivity index (χ4v) is 2.24. The van der Waals surface area contributed by atoms with Gasteiger partial charge in [-0.15, -0.1) is 0 Å². The van der Waals surface area contributed by atoms with Crippen LogP contribution in [0.25, 0.3) is 6.08 Å². The van der Waals surface area contributed by atoms with E-state index in [0.29, 0.717) is 6.42 Å². The summed E-state index contributed by atoms with van der Waals surface area (Å²) in [4.78, 5) is 12.3. The number of allylic oxidation sites excluding steroid dienone is 1. The zero-order valence-electron chi connectivity index (χ0n) is 12.1. The molecule has 2 aromatic carbocycles. The summed E-state index contributed by atoms with van der Waals surface area (Å²) in [5.41, 5.74) is 2.04. The molecule has 2 rings (SSSR count). The van der Waals surface area contributed by atoms with Crippen LogP contribution in [-0.4, -0.2) is 17.0 Å². The van der Waals surface area contributed by atoms with E-state index in [1.54, 1.807) is 19.1 Å². The number of aliphatic hydroxyl groups excluding tert-OH is 1. The minimum Gasteiger partial charge on any atom is -0.393 e. The number of hydrogen-bond acceptors (Lipinski definition) is 2. The van der Waals surface area contributed by atoms with Crippen molar-refractivity contribution in [2.24, 2.45) is 5.92 Å². The average Bonchev–Trinajstić information content (AvgIpc) is 2.52. The number of benzene rings is 2. The van der Waals surface area contributed by atoms with Crippen molar-refractivity contribution in [2.45, 2.75) is 19.4 Å². The monoisotopic (exact) mass is 280 g/mol. The van der Waals surface area contributed by atoms with Crippen LogP contribution in [0, 0.1) is 5.92 Å². The molecule has 0 bridgehead atoms.